The normalized spacial score (nSPS) is 19.4. The van der Waals surface area contributed by atoms with Crippen LogP contribution >= 0.6 is 0 Å². The van der Waals surface area contributed by atoms with E-state index in [1.165, 1.54) is 238 Å². The molecule has 0 aromatic rings. The fourth-order valence-electron chi connectivity index (χ4n) is 11.2. The number of carbonyl (C=O) groups excluding carboxylic acids is 1. The molecule has 1 aliphatic rings. The Bertz CT molecular complexity index is 1470. The molecule has 0 aliphatic carbocycles. The van der Waals surface area contributed by atoms with Crippen molar-refractivity contribution in [3.05, 3.63) is 48.6 Å². The van der Waals surface area contributed by atoms with Crippen molar-refractivity contribution >= 4 is 5.91 Å². The Labute approximate surface area is 504 Å². The van der Waals surface area contributed by atoms with Gasteiger partial charge in [-0.3, -0.25) is 4.79 Å². The van der Waals surface area contributed by atoms with Crippen LogP contribution in [0.5, 0.6) is 0 Å². The topological polar surface area (TPSA) is 189 Å². The van der Waals surface area contributed by atoms with Gasteiger partial charge in [-0.1, -0.05) is 294 Å². The predicted octanol–water partition coefficient (Wildman–Crippen LogP) is 16.7. The number of rotatable bonds is 61. The zero-order chi connectivity index (χ0) is 59.6. The lowest BCUT2D eigenvalue weighted by Crippen LogP contribution is -2.60. The maximum Gasteiger partial charge on any atom is 0.249 e. The van der Waals surface area contributed by atoms with Gasteiger partial charge in [-0.05, 0) is 83.5 Å². The molecule has 1 heterocycles. The molecule has 0 spiro atoms. The smallest absolute Gasteiger partial charge is 0.249 e. The number of nitrogens with one attached hydrogen (secondary N) is 1. The van der Waals surface area contributed by atoms with E-state index in [1.54, 1.807) is 0 Å². The van der Waals surface area contributed by atoms with Gasteiger partial charge < -0.3 is 50.5 Å². The first-order valence-corrected chi connectivity index (χ1v) is 35.0. The summed E-state index contributed by atoms with van der Waals surface area (Å²) in [6, 6.07) is -1.19. The van der Waals surface area contributed by atoms with Gasteiger partial charge in [0.25, 0.3) is 0 Å². The molecule has 1 rings (SSSR count). The SMILES string of the molecule is CCCCCCCCCCC/C=C\C/C=C\CCCCCCCCCCCCCCC(O)C(=O)NC(COC1OC(CO)C(O)C(O)C1O)C(O)C(O)CCC/C=C/CC/C=C/CCCCCCCCCCCCCCCCCCCC. The van der Waals surface area contributed by atoms with Crippen LogP contribution in [0, 0.1) is 0 Å². The van der Waals surface area contributed by atoms with E-state index in [-0.39, 0.29) is 12.8 Å². The lowest BCUT2D eigenvalue weighted by Gasteiger charge is -2.40. The predicted molar refractivity (Wildman–Crippen MR) is 344 cm³/mol. The number of aliphatic hydroxyl groups is 7. The summed E-state index contributed by atoms with van der Waals surface area (Å²) in [6.07, 6.45) is 66.2. The minimum Gasteiger partial charge on any atom is -0.394 e. The van der Waals surface area contributed by atoms with Gasteiger partial charge >= 0.3 is 0 Å². The van der Waals surface area contributed by atoms with Crippen molar-refractivity contribution in [1.29, 1.82) is 0 Å². The number of aliphatic hydroxyl groups excluding tert-OH is 7. The van der Waals surface area contributed by atoms with E-state index < -0.39 is 74.2 Å². The first-order chi connectivity index (χ1) is 40.2. The quantitative estimate of drug-likeness (QED) is 0.0215. The summed E-state index contributed by atoms with van der Waals surface area (Å²) in [5.41, 5.74) is 0. The van der Waals surface area contributed by atoms with Gasteiger partial charge in [-0.25, -0.2) is 0 Å². The maximum atomic E-state index is 13.2. The molecule has 0 aromatic carbocycles. The zero-order valence-electron chi connectivity index (χ0n) is 53.2. The highest BCUT2D eigenvalue weighted by Crippen LogP contribution is 2.24. The lowest BCUT2D eigenvalue weighted by atomic mass is 9.98. The van der Waals surface area contributed by atoms with Crippen LogP contribution < -0.4 is 5.32 Å². The number of allylic oxidation sites excluding steroid dienone is 8. The summed E-state index contributed by atoms with van der Waals surface area (Å²) in [7, 11) is 0. The number of amides is 1. The third-order valence-corrected chi connectivity index (χ3v) is 16.8. The molecule has 11 nitrogen and oxygen atoms in total. The van der Waals surface area contributed by atoms with Crippen molar-refractivity contribution in [3.63, 3.8) is 0 Å². The van der Waals surface area contributed by atoms with Gasteiger partial charge in [0.15, 0.2) is 6.29 Å². The van der Waals surface area contributed by atoms with Gasteiger partial charge in [0.05, 0.1) is 25.4 Å². The van der Waals surface area contributed by atoms with E-state index in [1.807, 2.05) is 0 Å². The number of hydrogen-bond donors (Lipinski definition) is 8. The molecule has 11 heteroatoms. The second kappa shape index (κ2) is 59.4. The summed E-state index contributed by atoms with van der Waals surface area (Å²) >= 11 is 0. The molecule has 1 fully saturated rings. The zero-order valence-corrected chi connectivity index (χ0v) is 53.2. The van der Waals surface area contributed by atoms with Crippen molar-refractivity contribution in [3.8, 4) is 0 Å². The molecule has 0 aromatic heterocycles. The number of carbonyl (C=O) groups is 1. The third kappa shape index (κ3) is 46.3. The highest BCUT2D eigenvalue weighted by molar-refractivity contribution is 5.80. The minimum absolute atomic E-state index is 0.246. The standard InChI is InChI=1S/C71H133NO10/c1-3-5-7-9-11-13-15-17-19-21-23-25-27-29-31-33-35-37-39-41-43-45-47-49-51-53-55-57-59-64(75)70(80)72-62(61-81-71-69(79)68(78)67(77)65(60-73)82-71)66(76)63(74)58-56-54-52-50-48-46-44-42-40-38-36-34-32-30-28-26-24-22-20-18-16-14-12-10-8-6-4-2/h23,25,29,31,42,44,50,52,62-69,71,73-79H,3-22,24,26-28,30,32-41,43,45-49,51,53-61H2,1-2H3,(H,72,80)/b25-23-,31-29-,44-42+,52-50+. The molecule has 482 valence electrons. The molecule has 9 unspecified atom stereocenters. The van der Waals surface area contributed by atoms with E-state index >= 15 is 0 Å². The van der Waals surface area contributed by atoms with Crippen LogP contribution in [-0.2, 0) is 14.3 Å². The Balaban J connectivity index is 2.24. The van der Waals surface area contributed by atoms with Crippen molar-refractivity contribution in [2.75, 3.05) is 13.2 Å². The van der Waals surface area contributed by atoms with Crippen LogP contribution in [0.15, 0.2) is 48.6 Å². The van der Waals surface area contributed by atoms with E-state index in [0.717, 1.165) is 44.9 Å². The summed E-state index contributed by atoms with van der Waals surface area (Å²) in [5, 5.41) is 76.5. The molecule has 1 aliphatic heterocycles. The second-order valence-electron chi connectivity index (χ2n) is 24.6. The Hall–Kier alpha value is -1.93. The first-order valence-electron chi connectivity index (χ1n) is 35.0. The highest BCUT2D eigenvalue weighted by Gasteiger charge is 2.44. The number of ether oxygens (including phenoxy) is 2. The van der Waals surface area contributed by atoms with Crippen LogP contribution in [-0.4, -0.2) is 110 Å². The summed E-state index contributed by atoms with van der Waals surface area (Å²) in [4.78, 5) is 13.2. The van der Waals surface area contributed by atoms with Gasteiger partial charge in [-0.2, -0.15) is 0 Å². The highest BCUT2D eigenvalue weighted by atomic mass is 16.7. The average molecular weight is 1160 g/mol. The molecule has 82 heavy (non-hydrogen) atoms. The minimum atomic E-state index is -1.67. The van der Waals surface area contributed by atoms with Gasteiger partial charge in [0.2, 0.25) is 5.91 Å². The molecule has 9 atom stereocenters. The van der Waals surface area contributed by atoms with Crippen LogP contribution in [0.4, 0.5) is 0 Å². The van der Waals surface area contributed by atoms with E-state index in [4.69, 9.17) is 9.47 Å². The number of unbranched alkanes of at least 4 members (excludes halogenated alkanes) is 41. The molecule has 8 N–H and O–H groups in total. The largest absolute Gasteiger partial charge is 0.394 e. The molecule has 0 bridgehead atoms. The van der Waals surface area contributed by atoms with Gasteiger partial charge in [0, 0.05) is 0 Å². The summed E-state index contributed by atoms with van der Waals surface area (Å²) in [6.45, 7) is 3.48. The van der Waals surface area contributed by atoms with Crippen molar-refractivity contribution in [1.82, 2.24) is 5.32 Å². The van der Waals surface area contributed by atoms with E-state index in [9.17, 15) is 40.5 Å². The number of hydrogen-bond acceptors (Lipinski definition) is 10. The van der Waals surface area contributed by atoms with Crippen LogP contribution in [0.2, 0.25) is 0 Å². The summed E-state index contributed by atoms with van der Waals surface area (Å²) < 4.78 is 11.2. The molecule has 0 radical (unpaired) electrons. The fourth-order valence-corrected chi connectivity index (χ4v) is 11.2. The van der Waals surface area contributed by atoms with E-state index in [0.29, 0.717) is 19.3 Å². The van der Waals surface area contributed by atoms with Gasteiger partial charge in [0.1, 0.15) is 36.6 Å². The Morgan fingerprint density at radius 2 is 0.768 bits per heavy atom. The average Bonchev–Trinajstić information content (AvgIpc) is 3.48. The lowest BCUT2D eigenvalue weighted by molar-refractivity contribution is -0.303. The van der Waals surface area contributed by atoms with Crippen molar-refractivity contribution in [2.45, 2.75) is 384 Å². The van der Waals surface area contributed by atoms with Crippen molar-refractivity contribution in [2.24, 2.45) is 0 Å². The van der Waals surface area contributed by atoms with E-state index in [2.05, 4.69) is 67.8 Å². The molecular formula is C71H133NO10. The second-order valence-corrected chi connectivity index (χ2v) is 24.6. The Kier molecular flexibility index (Phi) is 56.6. The third-order valence-electron chi connectivity index (χ3n) is 16.8. The van der Waals surface area contributed by atoms with Gasteiger partial charge in [-0.15, -0.1) is 0 Å². The van der Waals surface area contributed by atoms with Crippen LogP contribution in [0.25, 0.3) is 0 Å². The molecule has 0 saturated carbocycles. The Morgan fingerprint density at radius 3 is 1.16 bits per heavy atom. The maximum absolute atomic E-state index is 13.2. The Morgan fingerprint density at radius 1 is 0.427 bits per heavy atom. The monoisotopic (exact) mass is 1160 g/mol. The van der Waals surface area contributed by atoms with Crippen LogP contribution in [0.1, 0.15) is 328 Å². The van der Waals surface area contributed by atoms with Crippen molar-refractivity contribution < 1.29 is 50.0 Å². The first kappa shape index (κ1) is 78.1. The summed E-state index contributed by atoms with van der Waals surface area (Å²) in [5.74, 6) is -0.708. The molecular weight excluding hydrogens is 1030 g/mol. The molecule has 1 saturated heterocycles. The molecule has 1 amide bonds. The van der Waals surface area contributed by atoms with Crippen LogP contribution in [0.3, 0.4) is 0 Å². The fraction of sp³-hybridized carbons (Fsp3) is 0.873.